The second kappa shape index (κ2) is 15.6. The summed E-state index contributed by atoms with van der Waals surface area (Å²) >= 11 is 0. The van der Waals surface area contributed by atoms with Crippen LogP contribution in [-0.4, -0.2) is 29.4 Å². The highest BCUT2D eigenvalue weighted by Crippen LogP contribution is 2.18. The maximum Gasteiger partial charge on any atom is 0.324 e. The fraction of sp³-hybridized carbons (Fsp3) is 0.833. The molecule has 1 fully saturated rings. The summed E-state index contributed by atoms with van der Waals surface area (Å²) in [6, 6.07) is -0.493. The predicted octanol–water partition coefficient (Wildman–Crippen LogP) is 6.60. The van der Waals surface area contributed by atoms with E-state index in [0.29, 0.717) is 6.54 Å². The molecule has 1 unspecified atom stereocenters. The van der Waals surface area contributed by atoms with Crippen LogP contribution in [0.1, 0.15) is 111 Å². The van der Waals surface area contributed by atoms with Gasteiger partial charge >= 0.3 is 6.03 Å². The smallest absolute Gasteiger partial charge is 0.312 e. The Morgan fingerprint density at radius 1 is 0.821 bits per heavy atom. The summed E-state index contributed by atoms with van der Waals surface area (Å²) in [7, 11) is 0. The van der Waals surface area contributed by atoms with Gasteiger partial charge in [0.05, 0.1) is 0 Å². The Morgan fingerprint density at radius 3 is 1.86 bits per heavy atom. The second-order valence-corrected chi connectivity index (χ2v) is 8.61. The minimum absolute atomic E-state index is 0.135. The van der Waals surface area contributed by atoms with Crippen molar-refractivity contribution in [2.24, 2.45) is 5.92 Å². The highest BCUT2D eigenvalue weighted by Gasteiger charge is 2.39. The average Bonchev–Trinajstić information content (AvgIpc) is 2.94. The third kappa shape index (κ3) is 10.3. The van der Waals surface area contributed by atoms with E-state index in [9.17, 15) is 9.59 Å². The van der Waals surface area contributed by atoms with Crippen LogP contribution in [0.5, 0.6) is 0 Å². The molecule has 0 aromatic rings. The number of nitrogens with one attached hydrogen (secondary N) is 1. The first-order valence-corrected chi connectivity index (χ1v) is 11.8. The number of urea groups is 1. The molecule has 0 aromatic heterocycles. The van der Waals surface area contributed by atoms with Gasteiger partial charge in [0, 0.05) is 6.54 Å². The minimum atomic E-state index is -0.282. The minimum Gasteiger partial charge on any atom is -0.312 e. The maximum atomic E-state index is 11.9. The molecule has 3 amide bonds. The van der Waals surface area contributed by atoms with Gasteiger partial charge in [-0.15, -0.1) is 0 Å². The van der Waals surface area contributed by atoms with Crippen LogP contribution in [0.3, 0.4) is 0 Å². The van der Waals surface area contributed by atoms with Crippen molar-refractivity contribution >= 4 is 11.9 Å². The van der Waals surface area contributed by atoms with Crippen LogP contribution in [0.2, 0.25) is 0 Å². The zero-order valence-electron chi connectivity index (χ0n) is 18.7. The highest BCUT2D eigenvalue weighted by atomic mass is 16.2. The summed E-state index contributed by atoms with van der Waals surface area (Å²) in [4.78, 5) is 25.4. The Hall–Kier alpha value is -1.32. The van der Waals surface area contributed by atoms with Crippen molar-refractivity contribution in [3.8, 4) is 0 Å². The van der Waals surface area contributed by atoms with Crippen molar-refractivity contribution in [2.75, 3.05) is 6.54 Å². The van der Waals surface area contributed by atoms with Gasteiger partial charge in [-0.2, -0.15) is 0 Å². The summed E-state index contributed by atoms with van der Waals surface area (Å²) in [5.74, 6) is 0.0325. The summed E-state index contributed by atoms with van der Waals surface area (Å²) in [6.07, 6.45) is 22.6. The second-order valence-electron chi connectivity index (χ2n) is 8.61. The van der Waals surface area contributed by atoms with Gasteiger partial charge < -0.3 is 4.90 Å². The topological polar surface area (TPSA) is 49.4 Å². The van der Waals surface area contributed by atoms with Crippen LogP contribution in [0.25, 0.3) is 0 Å². The fourth-order valence-electron chi connectivity index (χ4n) is 3.95. The largest absolute Gasteiger partial charge is 0.324 e. The molecule has 1 aliphatic rings. The van der Waals surface area contributed by atoms with Crippen LogP contribution in [0.15, 0.2) is 12.2 Å². The molecule has 162 valence electrons. The summed E-state index contributed by atoms with van der Waals surface area (Å²) < 4.78 is 0. The van der Waals surface area contributed by atoms with E-state index in [1.54, 1.807) is 4.90 Å². The summed E-state index contributed by atoms with van der Waals surface area (Å²) in [5, 5.41) is 2.44. The number of unbranched alkanes of at least 4 members (excludes halogenated alkanes) is 12. The third-order valence-electron chi connectivity index (χ3n) is 5.64. The molecule has 0 spiro atoms. The summed E-state index contributed by atoms with van der Waals surface area (Å²) in [6.45, 7) is 6.96. The van der Waals surface area contributed by atoms with Crippen LogP contribution in [-0.2, 0) is 4.79 Å². The Kier molecular flexibility index (Phi) is 13.8. The molecule has 1 N–H and O–H groups in total. The standard InChI is InChI=1S/C24H44N2O2/c1-4-5-6-7-8-9-10-11-12-13-14-15-16-17-18-19-20-26-22(21(2)3)23(27)25-24(26)28/h11-12,21-22H,4-10,13-20H2,1-3H3,(H,25,27,28)/b12-11-. The highest BCUT2D eigenvalue weighted by molar-refractivity contribution is 6.04. The summed E-state index contributed by atoms with van der Waals surface area (Å²) in [5.41, 5.74) is 0. The van der Waals surface area contributed by atoms with Crippen LogP contribution in [0, 0.1) is 5.92 Å². The molecule has 1 aliphatic heterocycles. The number of carbonyl (C=O) groups excluding carboxylic acids is 2. The number of amides is 3. The van der Waals surface area contributed by atoms with E-state index in [1.165, 1.54) is 77.0 Å². The fourth-order valence-corrected chi connectivity index (χ4v) is 3.95. The molecule has 0 radical (unpaired) electrons. The van der Waals surface area contributed by atoms with Gasteiger partial charge in [-0.1, -0.05) is 90.7 Å². The van der Waals surface area contributed by atoms with Crippen LogP contribution < -0.4 is 5.32 Å². The lowest BCUT2D eigenvalue weighted by atomic mass is 10.0. The first kappa shape index (κ1) is 24.7. The van der Waals surface area contributed by atoms with Crippen molar-refractivity contribution in [1.82, 2.24) is 10.2 Å². The molecule has 4 nitrogen and oxygen atoms in total. The van der Waals surface area contributed by atoms with E-state index < -0.39 is 0 Å². The number of carbonyl (C=O) groups is 2. The van der Waals surface area contributed by atoms with E-state index in [0.717, 1.165) is 12.8 Å². The Labute approximate surface area is 173 Å². The predicted molar refractivity (Wildman–Crippen MR) is 118 cm³/mol. The van der Waals surface area contributed by atoms with Crippen molar-refractivity contribution in [2.45, 2.75) is 117 Å². The lowest BCUT2D eigenvalue weighted by Crippen LogP contribution is -2.39. The Balaban J connectivity index is 1.92. The van der Waals surface area contributed by atoms with Gasteiger partial charge in [-0.3, -0.25) is 10.1 Å². The zero-order chi connectivity index (χ0) is 20.6. The van der Waals surface area contributed by atoms with Crippen molar-refractivity contribution in [1.29, 1.82) is 0 Å². The molecule has 28 heavy (non-hydrogen) atoms. The molecule has 1 rings (SSSR count). The molecule has 1 atom stereocenters. The SMILES string of the molecule is CCCCCCCC/C=C\CCCCCCCCN1C(=O)NC(=O)C1C(C)C. The molecular weight excluding hydrogens is 348 g/mol. The van der Waals surface area contributed by atoms with Gasteiger partial charge in [0.25, 0.3) is 5.91 Å². The Morgan fingerprint density at radius 2 is 1.32 bits per heavy atom. The quantitative estimate of drug-likeness (QED) is 0.172. The molecule has 0 aromatic carbocycles. The lowest BCUT2D eigenvalue weighted by molar-refractivity contribution is -0.122. The average molecular weight is 393 g/mol. The van der Waals surface area contributed by atoms with Crippen molar-refractivity contribution < 1.29 is 9.59 Å². The molecule has 1 heterocycles. The lowest BCUT2D eigenvalue weighted by Gasteiger charge is -2.24. The van der Waals surface area contributed by atoms with Gasteiger partial charge in [0.15, 0.2) is 0 Å². The first-order chi connectivity index (χ1) is 13.6. The maximum absolute atomic E-state index is 11.9. The van der Waals surface area contributed by atoms with Crippen molar-refractivity contribution in [3.05, 3.63) is 12.2 Å². The molecular formula is C24H44N2O2. The molecule has 1 saturated heterocycles. The molecule has 4 heteroatoms. The van der Waals surface area contributed by atoms with Gasteiger partial charge in [0.2, 0.25) is 0 Å². The first-order valence-electron chi connectivity index (χ1n) is 11.8. The van der Waals surface area contributed by atoms with E-state index in [-0.39, 0.29) is 23.9 Å². The number of hydrogen-bond donors (Lipinski definition) is 1. The number of nitrogens with zero attached hydrogens (tertiary/aromatic N) is 1. The normalized spacial score (nSPS) is 17.3. The van der Waals surface area contributed by atoms with E-state index in [2.05, 4.69) is 24.4 Å². The van der Waals surface area contributed by atoms with E-state index >= 15 is 0 Å². The van der Waals surface area contributed by atoms with E-state index in [1.807, 2.05) is 13.8 Å². The third-order valence-corrected chi connectivity index (χ3v) is 5.64. The van der Waals surface area contributed by atoms with E-state index in [4.69, 9.17) is 0 Å². The van der Waals surface area contributed by atoms with Crippen LogP contribution >= 0.6 is 0 Å². The van der Waals surface area contributed by atoms with Crippen LogP contribution in [0.4, 0.5) is 4.79 Å². The number of rotatable bonds is 17. The van der Waals surface area contributed by atoms with Gasteiger partial charge in [0.1, 0.15) is 6.04 Å². The monoisotopic (exact) mass is 392 g/mol. The molecule has 0 aliphatic carbocycles. The number of allylic oxidation sites excluding steroid dienone is 2. The van der Waals surface area contributed by atoms with Gasteiger partial charge in [-0.05, 0) is 38.0 Å². The number of hydrogen-bond acceptors (Lipinski definition) is 2. The Bertz CT molecular complexity index is 460. The van der Waals surface area contributed by atoms with Gasteiger partial charge in [-0.25, -0.2) is 4.79 Å². The molecule has 0 saturated carbocycles. The van der Waals surface area contributed by atoms with Crippen molar-refractivity contribution in [3.63, 3.8) is 0 Å². The zero-order valence-corrected chi connectivity index (χ0v) is 18.7. The number of imide groups is 1. The molecule has 0 bridgehead atoms.